The van der Waals surface area contributed by atoms with Crippen LogP contribution in [0.15, 0.2) is 5.38 Å². The van der Waals surface area contributed by atoms with Crippen LogP contribution in [0.1, 0.15) is 37.9 Å². The van der Waals surface area contributed by atoms with Gasteiger partial charge in [0.2, 0.25) is 0 Å². The molecule has 1 N–H and O–H groups in total. The maximum absolute atomic E-state index is 10.5. The number of nitrogens with zero attached hydrogens (tertiary/aromatic N) is 1. The van der Waals surface area contributed by atoms with E-state index in [9.17, 15) is 4.79 Å². The van der Waals surface area contributed by atoms with Crippen molar-refractivity contribution in [3.8, 4) is 0 Å². The molecule has 0 aromatic carbocycles. The molecule has 14 heavy (non-hydrogen) atoms. The van der Waals surface area contributed by atoms with Crippen molar-refractivity contribution in [2.75, 3.05) is 0 Å². The zero-order valence-corrected chi connectivity index (χ0v) is 9.52. The van der Waals surface area contributed by atoms with Crippen LogP contribution in [0, 0.1) is 0 Å². The minimum absolute atomic E-state index is 0.0241. The zero-order valence-electron chi connectivity index (χ0n) is 8.70. The van der Waals surface area contributed by atoms with Crippen molar-refractivity contribution in [3.05, 3.63) is 16.1 Å². The van der Waals surface area contributed by atoms with Crippen molar-refractivity contribution in [3.63, 3.8) is 0 Å². The van der Waals surface area contributed by atoms with Crippen LogP contribution in [0.2, 0.25) is 0 Å². The summed E-state index contributed by atoms with van der Waals surface area (Å²) in [7, 11) is 0. The number of thiazole rings is 1. The van der Waals surface area contributed by atoms with E-state index in [1.54, 1.807) is 11.3 Å². The molecule has 0 aliphatic heterocycles. The minimum atomic E-state index is -0.823. The van der Waals surface area contributed by atoms with E-state index in [-0.39, 0.29) is 11.8 Å². The Balaban J connectivity index is 2.82. The Kier molecular flexibility index (Phi) is 3.26. The first kappa shape index (κ1) is 11.2. The molecule has 0 aliphatic carbocycles. The van der Waals surface area contributed by atoms with Gasteiger partial charge in [0, 0.05) is 10.8 Å². The molecule has 1 rings (SSSR count). The van der Waals surface area contributed by atoms with Gasteiger partial charge in [-0.25, -0.2) is 4.98 Å². The van der Waals surface area contributed by atoms with Gasteiger partial charge in [-0.3, -0.25) is 4.79 Å². The normalized spacial score (nSPS) is 11.6. The van der Waals surface area contributed by atoms with Gasteiger partial charge in [-0.2, -0.15) is 0 Å². The van der Waals surface area contributed by atoms with E-state index in [0.29, 0.717) is 5.69 Å². The van der Waals surface area contributed by atoms with Crippen LogP contribution < -0.4 is 0 Å². The minimum Gasteiger partial charge on any atom is -0.481 e. The number of rotatable bonds is 4. The quantitative estimate of drug-likeness (QED) is 0.835. The third-order valence-electron chi connectivity index (χ3n) is 2.35. The number of aromatic nitrogens is 1. The Morgan fingerprint density at radius 1 is 1.64 bits per heavy atom. The number of hydrogen-bond donors (Lipinski definition) is 1. The lowest BCUT2D eigenvalue weighted by molar-refractivity contribution is -0.136. The summed E-state index contributed by atoms with van der Waals surface area (Å²) in [5.74, 6) is -0.823. The van der Waals surface area contributed by atoms with E-state index in [2.05, 4.69) is 25.8 Å². The SMILES string of the molecule is CCC(C)(C)c1nc(CC(=O)O)cs1. The Labute approximate surface area is 87.8 Å². The number of hydrogen-bond acceptors (Lipinski definition) is 3. The average molecular weight is 213 g/mol. The highest BCUT2D eigenvalue weighted by molar-refractivity contribution is 7.09. The largest absolute Gasteiger partial charge is 0.481 e. The number of carboxylic acids is 1. The molecule has 0 atom stereocenters. The number of carboxylic acid groups (broad SMARTS) is 1. The van der Waals surface area contributed by atoms with Crippen LogP contribution in [0.5, 0.6) is 0 Å². The third-order valence-corrected chi connectivity index (χ3v) is 3.60. The maximum atomic E-state index is 10.5. The first-order valence-corrected chi connectivity index (χ1v) is 5.50. The van der Waals surface area contributed by atoms with Crippen LogP contribution in [-0.4, -0.2) is 16.1 Å². The molecular formula is C10H15NO2S. The van der Waals surface area contributed by atoms with Crippen LogP contribution in [0.25, 0.3) is 0 Å². The van der Waals surface area contributed by atoms with Gasteiger partial charge in [0.05, 0.1) is 17.1 Å². The van der Waals surface area contributed by atoms with Crippen molar-refractivity contribution in [1.82, 2.24) is 4.98 Å². The maximum Gasteiger partial charge on any atom is 0.309 e. The second kappa shape index (κ2) is 4.09. The molecule has 0 spiro atoms. The molecule has 1 heterocycles. The molecule has 78 valence electrons. The summed E-state index contributed by atoms with van der Waals surface area (Å²) in [6, 6.07) is 0. The highest BCUT2D eigenvalue weighted by atomic mass is 32.1. The lowest BCUT2D eigenvalue weighted by Gasteiger charge is -2.18. The van der Waals surface area contributed by atoms with E-state index >= 15 is 0 Å². The first-order valence-electron chi connectivity index (χ1n) is 4.62. The molecule has 0 bridgehead atoms. The molecule has 0 radical (unpaired) electrons. The Bertz CT molecular complexity index is 331. The third kappa shape index (κ3) is 2.54. The summed E-state index contributed by atoms with van der Waals surface area (Å²) in [5.41, 5.74) is 0.723. The molecule has 0 fully saturated rings. The lowest BCUT2D eigenvalue weighted by atomic mass is 9.91. The summed E-state index contributed by atoms with van der Waals surface area (Å²) in [6.07, 6.45) is 1.03. The van der Waals surface area contributed by atoms with Gasteiger partial charge in [0.25, 0.3) is 0 Å². The molecule has 0 saturated heterocycles. The van der Waals surface area contributed by atoms with Crippen molar-refractivity contribution in [1.29, 1.82) is 0 Å². The van der Waals surface area contributed by atoms with Crippen LogP contribution in [0.4, 0.5) is 0 Å². The van der Waals surface area contributed by atoms with Gasteiger partial charge in [-0.15, -0.1) is 11.3 Å². The Hall–Kier alpha value is -0.900. The van der Waals surface area contributed by atoms with E-state index < -0.39 is 5.97 Å². The van der Waals surface area contributed by atoms with Gasteiger partial charge in [-0.05, 0) is 6.42 Å². The fourth-order valence-corrected chi connectivity index (χ4v) is 2.02. The molecular weight excluding hydrogens is 198 g/mol. The predicted octanol–water partition coefficient (Wildman–Crippen LogP) is 2.46. The van der Waals surface area contributed by atoms with Crippen LogP contribution >= 0.6 is 11.3 Å². The average Bonchev–Trinajstić information content (AvgIpc) is 2.52. The summed E-state index contributed by atoms with van der Waals surface area (Å²) in [5, 5.41) is 11.5. The van der Waals surface area contributed by atoms with Crippen LogP contribution in [-0.2, 0) is 16.6 Å². The Morgan fingerprint density at radius 3 is 2.79 bits per heavy atom. The second-order valence-electron chi connectivity index (χ2n) is 3.95. The van der Waals surface area contributed by atoms with Gasteiger partial charge in [0.1, 0.15) is 0 Å². The van der Waals surface area contributed by atoms with Crippen molar-refractivity contribution in [2.45, 2.75) is 39.0 Å². The van der Waals surface area contributed by atoms with Gasteiger partial charge in [0.15, 0.2) is 0 Å². The van der Waals surface area contributed by atoms with E-state index in [4.69, 9.17) is 5.11 Å². The van der Waals surface area contributed by atoms with Crippen molar-refractivity contribution >= 4 is 17.3 Å². The topological polar surface area (TPSA) is 50.2 Å². The fraction of sp³-hybridized carbons (Fsp3) is 0.600. The molecule has 3 nitrogen and oxygen atoms in total. The summed E-state index contributed by atoms with van der Waals surface area (Å²) < 4.78 is 0. The highest BCUT2D eigenvalue weighted by Crippen LogP contribution is 2.29. The van der Waals surface area contributed by atoms with Gasteiger partial charge < -0.3 is 5.11 Å². The molecule has 4 heteroatoms. The standard InChI is InChI=1S/C10H15NO2S/c1-4-10(2,3)9-11-7(6-14-9)5-8(12)13/h6H,4-5H2,1-3H3,(H,12,13). The summed E-state index contributed by atoms with van der Waals surface area (Å²) >= 11 is 1.55. The Morgan fingerprint density at radius 2 is 2.29 bits per heavy atom. The number of carbonyl (C=O) groups is 1. The van der Waals surface area contributed by atoms with Gasteiger partial charge >= 0.3 is 5.97 Å². The summed E-state index contributed by atoms with van der Waals surface area (Å²) in [4.78, 5) is 14.8. The van der Waals surface area contributed by atoms with E-state index in [1.807, 2.05) is 5.38 Å². The molecule has 0 unspecified atom stereocenters. The molecule has 0 amide bonds. The highest BCUT2D eigenvalue weighted by Gasteiger charge is 2.22. The van der Waals surface area contributed by atoms with Crippen LogP contribution in [0.3, 0.4) is 0 Å². The monoisotopic (exact) mass is 213 g/mol. The summed E-state index contributed by atoms with van der Waals surface area (Å²) in [6.45, 7) is 6.35. The predicted molar refractivity (Wildman–Crippen MR) is 56.8 cm³/mol. The molecule has 0 saturated carbocycles. The molecule has 1 aromatic heterocycles. The number of aliphatic carboxylic acids is 1. The van der Waals surface area contributed by atoms with Gasteiger partial charge in [-0.1, -0.05) is 20.8 Å². The van der Waals surface area contributed by atoms with Crippen molar-refractivity contribution in [2.24, 2.45) is 0 Å². The van der Waals surface area contributed by atoms with E-state index in [0.717, 1.165) is 11.4 Å². The molecule has 0 aliphatic rings. The fourth-order valence-electron chi connectivity index (χ4n) is 1.01. The van der Waals surface area contributed by atoms with Crippen molar-refractivity contribution < 1.29 is 9.90 Å². The zero-order chi connectivity index (χ0) is 10.8. The second-order valence-corrected chi connectivity index (χ2v) is 4.81. The lowest BCUT2D eigenvalue weighted by Crippen LogP contribution is -2.15. The first-order chi connectivity index (χ1) is 6.45. The molecule has 1 aromatic rings. The smallest absolute Gasteiger partial charge is 0.309 e. The van der Waals surface area contributed by atoms with E-state index in [1.165, 1.54) is 0 Å².